The minimum Gasteiger partial charge on any atom is -0.379 e. The van der Waals surface area contributed by atoms with Crippen LogP contribution >= 0.6 is 0 Å². The van der Waals surface area contributed by atoms with Crippen LogP contribution < -0.4 is 21.9 Å². The van der Waals surface area contributed by atoms with Gasteiger partial charge in [0.25, 0.3) is 0 Å². The summed E-state index contributed by atoms with van der Waals surface area (Å²) in [5.74, 6) is 0.104. The zero-order valence-electron chi connectivity index (χ0n) is 10.6. The topological polar surface area (TPSA) is 20.3 Å². The van der Waals surface area contributed by atoms with Crippen LogP contribution in [0.1, 0.15) is 31.2 Å². The molecule has 0 N–H and O–H groups in total. The zero-order valence-corrected chi connectivity index (χ0v) is 10.6. The first-order chi connectivity index (χ1) is 8.98. The van der Waals surface area contributed by atoms with Crippen molar-refractivity contribution in [2.45, 2.75) is 31.2 Å². The lowest BCUT2D eigenvalue weighted by Crippen LogP contribution is -2.54. The molecule has 7 heteroatoms. The molecule has 9 radical (unpaired) electrons. The van der Waals surface area contributed by atoms with Crippen molar-refractivity contribution in [1.82, 2.24) is 4.72 Å². The van der Waals surface area contributed by atoms with Gasteiger partial charge in [-0.25, -0.2) is 0 Å². The molecule has 19 heavy (non-hydrogen) atoms. The molecule has 0 aromatic heterocycles. The van der Waals surface area contributed by atoms with Gasteiger partial charge < -0.3 is 4.72 Å². The van der Waals surface area contributed by atoms with Crippen molar-refractivity contribution >= 4 is 66.6 Å². The number of Topliss-reactive ketones (excluding diaryl/α,β-unsaturated/α-hetero) is 1. The zero-order chi connectivity index (χ0) is 13.8. The highest BCUT2D eigenvalue weighted by molar-refractivity contribution is 6.65. The maximum absolute atomic E-state index is 12.5. The normalized spacial score (nSPS) is 26.4. The summed E-state index contributed by atoms with van der Waals surface area (Å²) in [6.07, 6.45) is 3.02. The van der Waals surface area contributed by atoms with Gasteiger partial charge in [-0.15, -0.1) is 10.9 Å². The SMILES string of the molecule is [B]c1cc2c(c([B])c1[B])C1(CCCCC1=O)N([B])[B]2. The Bertz CT molecular complexity index is 576. The fourth-order valence-corrected chi connectivity index (χ4v) is 3.27. The van der Waals surface area contributed by atoms with E-state index in [0.717, 1.165) is 23.9 Å². The number of hydrogen-bond acceptors (Lipinski definition) is 2. The molecule has 1 spiro atoms. The van der Waals surface area contributed by atoms with Gasteiger partial charge in [0, 0.05) is 6.42 Å². The van der Waals surface area contributed by atoms with Crippen LogP contribution in [0.4, 0.5) is 0 Å². The fourth-order valence-electron chi connectivity index (χ4n) is 3.27. The molecule has 0 amide bonds. The van der Waals surface area contributed by atoms with Gasteiger partial charge >= 0.3 is 0 Å². The van der Waals surface area contributed by atoms with Crippen molar-refractivity contribution < 1.29 is 4.79 Å². The molecule has 1 aliphatic heterocycles. The summed E-state index contributed by atoms with van der Waals surface area (Å²) in [5, 5.41) is 0. The predicted octanol–water partition coefficient (Wildman–Crippen LogP) is -2.95. The monoisotopic (exact) mass is 238 g/mol. The largest absolute Gasteiger partial charge is 0.379 e. The van der Waals surface area contributed by atoms with Crippen LogP contribution in [-0.4, -0.2) is 49.4 Å². The van der Waals surface area contributed by atoms with Crippen molar-refractivity contribution in [3.05, 3.63) is 11.6 Å². The maximum Gasteiger partial charge on any atom is 0.236 e. The van der Waals surface area contributed by atoms with E-state index in [4.69, 9.17) is 31.5 Å². The quantitative estimate of drug-likeness (QED) is 0.450. The molecule has 1 unspecified atom stereocenters. The predicted molar refractivity (Wildman–Crippen MR) is 80.7 cm³/mol. The van der Waals surface area contributed by atoms with E-state index in [9.17, 15) is 4.79 Å². The van der Waals surface area contributed by atoms with Crippen molar-refractivity contribution in [2.24, 2.45) is 0 Å². The number of ketones is 1. The van der Waals surface area contributed by atoms with Crippen molar-refractivity contribution in [2.75, 3.05) is 0 Å². The molecule has 1 aromatic carbocycles. The molecular formula is C12H9B5NO. The third kappa shape index (κ3) is 1.64. The van der Waals surface area contributed by atoms with Crippen molar-refractivity contribution in [3.63, 3.8) is 0 Å². The van der Waals surface area contributed by atoms with E-state index < -0.39 is 5.54 Å². The second kappa shape index (κ2) is 4.34. The second-order valence-electron chi connectivity index (χ2n) is 5.28. The first-order valence-corrected chi connectivity index (χ1v) is 6.38. The fraction of sp³-hybridized carbons (Fsp3) is 0.417. The Morgan fingerprint density at radius 1 is 1.21 bits per heavy atom. The Hall–Kier alpha value is -0.825. The van der Waals surface area contributed by atoms with E-state index in [0.29, 0.717) is 29.2 Å². The van der Waals surface area contributed by atoms with E-state index >= 15 is 0 Å². The van der Waals surface area contributed by atoms with Crippen molar-refractivity contribution in [3.8, 4) is 0 Å². The molecule has 1 fully saturated rings. The lowest BCUT2D eigenvalue weighted by atomic mass is 9.63. The first kappa shape index (κ1) is 13.2. The van der Waals surface area contributed by atoms with Gasteiger partial charge in [0.15, 0.2) is 13.8 Å². The number of carbonyl (C=O) groups excluding carboxylic acids is 1. The third-order valence-electron chi connectivity index (χ3n) is 4.26. The summed E-state index contributed by atoms with van der Waals surface area (Å²) >= 11 is 0. The summed E-state index contributed by atoms with van der Waals surface area (Å²) in [5.41, 5.74) is 1.81. The van der Waals surface area contributed by atoms with E-state index in [2.05, 4.69) is 0 Å². The molecule has 0 saturated heterocycles. The van der Waals surface area contributed by atoms with Crippen LogP contribution in [0.3, 0.4) is 0 Å². The third-order valence-corrected chi connectivity index (χ3v) is 4.26. The summed E-state index contributed by atoms with van der Waals surface area (Å²) in [4.78, 5) is 12.5. The van der Waals surface area contributed by atoms with Crippen LogP contribution in [0.25, 0.3) is 0 Å². The van der Waals surface area contributed by atoms with Crippen LogP contribution in [0.5, 0.6) is 0 Å². The molecule has 3 rings (SSSR count). The Labute approximate surface area is 119 Å². The molecule has 2 aliphatic rings. The van der Waals surface area contributed by atoms with E-state index in [1.54, 1.807) is 13.5 Å². The summed E-state index contributed by atoms with van der Waals surface area (Å²) < 4.78 is 1.48. The molecular weight excluding hydrogens is 228 g/mol. The summed E-state index contributed by atoms with van der Waals surface area (Å²) in [6.45, 7) is 0. The standard InChI is InChI=1S/C12H9B5NO/c13-6-5-7-9(11(15)10(6)14)12(18(16)17-7)4-2-1-3-8(12)19/h5H,1-4H2. The lowest BCUT2D eigenvalue weighted by Gasteiger charge is -2.41. The van der Waals surface area contributed by atoms with Gasteiger partial charge in [-0.3, -0.25) is 4.79 Å². The second-order valence-corrected chi connectivity index (χ2v) is 5.28. The molecule has 1 heterocycles. The number of rotatable bonds is 0. The first-order valence-electron chi connectivity index (χ1n) is 6.38. The van der Waals surface area contributed by atoms with Gasteiger partial charge in [-0.1, -0.05) is 23.4 Å². The smallest absolute Gasteiger partial charge is 0.236 e. The average Bonchev–Trinajstić information content (AvgIpc) is 2.64. The molecule has 1 atom stereocenters. The van der Waals surface area contributed by atoms with Crippen LogP contribution in [-0.2, 0) is 10.3 Å². The van der Waals surface area contributed by atoms with Crippen LogP contribution in [0.15, 0.2) is 6.07 Å². The Morgan fingerprint density at radius 3 is 2.63 bits per heavy atom. The molecule has 1 saturated carbocycles. The number of nitrogens with zero attached hydrogens (tertiary/aromatic N) is 1. The minimum absolute atomic E-state index is 0.104. The van der Waals surface area contributed by atoms with Crippen molar-refractivity contribution in [1.29, 1.82) is 0 Å². The van der Waals surface area contributed by atoms with Crippen LogP contribution in [0, 0.1) is 0 Å². The molecule has 83 valence electrons. The highest BCUT2D eigenvalue weighted by Crippen LogP contribution is 2.39. The van der Waals surface area contributed by atoms with Gasteiger partial charge in [0.2, 0.25) is 7.41 Å². The molecule has 1 aliphatic carbocycles. The number of benzene rings is 1. The molecule has 2 nitrogen and oxygen atoms in total. The highest BCUT2D eigenvalue weighted by Gasteiger charge is 2.49. The van der Waals surface area contributed by atoms with Gasteiger partial charge in [-0.2, -0.15) is 0 Å². The maximum atomic E-state index is 12.5. The molecule has 0 bridgehead atoms. The van der Waals surface area contributed by atoms with E-state index in [1.165, 1.54) is 4.72 Å². The highest BCUT2D eigenvalue weighted by atomic mass is 16.1. The molecule has 1 aromatic rings. The Morgan fingerprint density at radius 2 is 1.95 bits per heavy atom. The van der Waals surface area contributed by atoms with Crippen LogP contribution in [0.2, 0.25) is 0 Å². The Balaban J connectivity index is 2.26. The minimum atomic E-state index is -0.848. The van der Waals surface area contributed by atoms with E-state index in [1.807, 2.05) is 0 Å². The number of fused-ring (bicyclic) bond motifs is 2. The number of carbonyl (C=O) groups is 1. The van der Waals surface area contributed by atoms with Gasteiger partial charge in [-0.05, 0) is 18.4 Å². The summed E-state index contributed by atoms with van der Waals surface area (Å²) in [6, 6.07) is 1.73. The van der Waals surface area contributed by atoms with Gasteiger partial charge in [0.05, 0.1) is 5.54 Å². The average molecular weight is 237 g/mol. The van der Waals surface area contributed by atoms with E-state index in [-0.39, 0.29) is 5.78 Å². The lowest BCUT2D eigenvalue weighted by molar-refractivity contribution is -0.129. The Kier molecular flexibility index (Phi) is 3.01. The number of hydrogen-bond donors (Lipinski definition) is 0. The summed E-state index contributed by atoms with van der Waals surface area (Å²) in [7, 11) is 25.6. The van der Waals surface area contributed by atoms with Gasteiger partial charge in [0.1, 0.15) is 23.5 Å².